The van der Waals surface area contributed by atoms with Gasteiger partial charge in [0.1, 0.15) is 6.54 Å². The number of carbonyl (C=O) groups excluding carboxylic acids is 3. The molecule has 29 heavy (non-hydrogen) atoms. The van der Waals surface area contributed by atoms with Crippen LogP contribution in [0.2, 0.25) is 0 Å². The van der Waals surface area contributed by atoms with Crippen LogP contribution in [0.25, 0.3) is 10.2 Å². The minimum absolute atomic E-state index is 0.0920. The Hall–Kier alpha value is -2.28. The summed E-state index contributed by atoms with van der Waals surface area (Å²) in [4.78, 5) is 45.8. The first-order valence-electron chi connectivity index (χ1n) is 10.5. The van der Waals surface area contributed by atoms with Crippen LogP contribution in [-0.2, 0) is 14.4 Å². The average Bonchev–Trinajstić information content (AvgIpc) is 3.43. The third-order valence-electron chi connectivity index (χ3n) is 6.85. The predicted octanol–water partition coefficient (Wildman–Crippen LogP) is 3.32. The number of piperidine rings is 1. The molecule has 1 saturated carbocycles. The monoisotopic (exact) mass is 411 g/mol. The zero-order chi connectivity index (χ0) is 20.0. The molecule has 1 aromatic heterocycles. The molecule has 0 N–H and O–H groups in total. The molecule has 1 aliphatic carbocycles. The van der Waals surface area contributed by atoms with Crippen LogP contribution >= 0.6 is 11.3 Å². The summed E-state index contributed by atoms with van der Waals surface area (Å²) in [6, 6.07) is 8.16. The summed E-state index contributed by atoms with van der Waals surface area (Å²) in [6.45, 7) is 1.22. The van der Waals surface area contributed by atoms with Crippen LogP contribution in [-0.4, -0.2) is 52.1 Å². The fourth-order valence-corrected chi connectivity index (χ4v) is 6.27. The standard InChI is InChI=1S/C22H25N3O3S/c26-18-13-22(9-3-4-10-22)21(28)25(18)14-19(27)24-11-7-15(8-12-24)20-23-16-5-1-2-6-17(16)29-20/h1-2,5-6,15H,3-4,7-14H2. The molecule has 0 radical (unpaired) electrons. The predicted molar refractivity (Wildman–Crippen MR) is 110 cm³/mol. The summed E-state index contributed by atoms with van der Waals surface area (Å²) < 4.78 is 1.20. The quantitative estimate of drug-likeness (QED) is 0.727. The molecule has 2 aromatic rings. The highest BCUT2D eigenvalue weighted by molar-refractivity contribution is 7.18. The van der Waals surface area contributed by atoms with Gasteiger partial charge in [0.25, 0.3) is 0 Å². The van der Waals surface area contributed by atoms with Gasteiger partial charge in [-0.25, -0.2) is 4.98 Å². The summed E-state index contributed by atoms with van der Waals surface area (Å²) in [5, 5.41) is 1.14. The van der Waals surface area contributed by atoms with Crippen molar-refractivity contribution in [2.45, 2.75) is 50.9 Å². The molecule has 1 aromatic carbocycles. The van der Waals surface area contributed by atoms with Crippen LogP contribution in [0.1, 0.15) is 55.9 Å². The minimum Gasteiger partial charge on any atom is -0.341 e. The summed E-state index contributed by atoms with van der Waals surface area (Å²) >= 11 is 1.74. The van der Waals surface area contributed by atoms with Crippen molar-refractivity contribution >= 4 is 39.3 Å². The van der Waals surface area contributed by atoms with Gasteiger partial charge in [0.2, 0.25) is 17.7 Å². The van der Waals surface area contributed by atoms with E-state index in [0.29, 0.717) is 25.4 Å². The number of aromatic nitrogens is 1. The van der Waals surface area contributed by atoms with Crippen LogP contribution in [0.4, 0.5) is 0 Å². The highest BCUT2D eigenvalue weighted by atomic mass is 32.1. The van der Waals surface area contributed by atoms with Crippen molar-refractivity contribution in [1.82, 2.24) is 14.8 Å². The van der Waals surface area contributed by atoms with Gasteiger partial charge in [-0.2, -0.15) is 0 Å². The third kappa shape index (κ3) is 3.25. The molecule has 0 unspecified atom stereocenters. The SMILES string of the molecule is O=C(CN1C(=O)CC2(CCCC2)C1=O)N1CCC(c2nc3ccccc3s2)CC1. The summed E-state index contributed by atoms with van der Waals surface area (Å²) in [5.41, 5.74) is 0.537. The highest BCUT2D eigenvalue weighted by Gasteiger charge is 2.53. The molecule has 3 aliphatic rings. The largest absolute Gasteiger partial charge is 0.341 e. The maximum absolute atomic E-state index is 12.8. The molecule has 3 amide bonds. The van der Waals surface area contributed by atoms with Crippen molar-refractivity contribution < 1.29 is 14.4 Å². The van der Waals surface area contributed by atoms with E-state index in [1.54, 1.807) is 11.3 Å². The van der Waals surface area contributed by atoms with Crippen molar-refractivity contribution in [3.05, 3.63) is 29.3 Å². The number of hydrogen-bond acceptors (Lipinski definition) is 5. The topological polar surface area (TPSA) is 70.6 Å². The Morgan fingerprint density at radius 2 is 1.86 bits per heavy atom. The van der Waals surface area contributed by atoms with Crippen LogP contribution < -0.4 is 0 Å². The van der Waals surface area contributed by atoms with Crippen LogP contribution in [0.3, 0.4) is 0 Å². The Morgan fingerprint density at radius 3 is 2.59 bits per heavy atom. The molecule has 5 rings (SSSR count). The van der Waals surface area contributed by atoms with E-state index in [2.05, 4.69) is 6.07 Å². The van der Waals surface area contributed by atoms with E-state index in [0.717, 1.165) is 49.0 Å². The second-order valence-electron chi connectivity index (χ2n) is 8.62. The van der Waals surface area contributed by atoms with Gasteiger partial charge in [-0.1, -0.05) is 25.0 Å². The second-order valence-corrected chi connectivity index (χ2v) is 9.69. The Balaban J connectivity index is 1.20. The van der Waals surface area contributed by atoms with Gasteiger partial charge >= 0.3 is 0 Å². The van der Waals surface area contributed by atoms with E-state index >= 15 is 0 Å². The normalized spacial score (nSPS) is 22.3. The van der Waals surface area contributed by atoms with Gasteiger partial charge in [0, 0.05) is 25.4 Å². The summed E-state index contributed by atoms with van der Waals surface area (Å²) in [5.74, 6) is -0.0231. The molecule has 6 nitrogen and oxygen atoms in total. The first kappa shape index (κ1) is 18.7. The zero-order valence-corrected chi connectivity index (χ0v) is 17.2. The third-order valence-corrected chi connectivity index (χ3v) is 8.05. The summed E-state index contributed by atoms with van der Waals surface area (Å²) in [6.07, 6.45) is 5.61. The number of likely N-dealkylation sites (tertiary alicyclic amines) is 2. The highest BCUT2D eigenvalue weighted by Crippen LogP contribution is 2.46. The molecule has 0 bridgehead atoms. The number of carbonyl (C=O) groups is 3. The number of rotatable bonds is 3. The van der Waals surface area contributed by atoms with Crippen molar-refractivity contribution in [2.24, 2.45) is 5.41 Å². The van der Waals surface area contributed by atoms with Gasteiger partial charge in [-0.05, 0) is 37.8 Å². The molecule has 3 fully saturated rings. The van der Waals surface area contributed by atoms with Gasteiger partial charge < -0.3 is 4.90 Å². The molecule has 1 spiro atoms. The lowest BCUT2D eigenvalue weighted by molar-refractivity contribution is -0.147. The van der Waals surface area contributed by atoms with E-state index in [1.165, 1.54) is 9.60 Å². The lowest BCUT2D eigenvalue weighted by Crippen LogP contribution is -2.46. The average molecular weight is 412 g/mol. The van der Waals surface area contributed by atoms with Crippen LogP contribution in [0.15, 0.2) is 24.3 Å². The second kappa shape index (κ2) is 7.20. The number of fused-ring (bicyclic) bond motifs is 1. The minimum atomic E-state index is -0.503. The zero-order valence-electron chi connectivity index (χ0n) is 16.4. The van der Waals surface area contributed by atoms with Crippen molar-refractivity contribution in [2.75, 3.05) is 19.6 Å². The van der Waals surface area contributed by atoms with Crippen LogP contribution in [0.5, 0.6) is 0 Å². The van der Waals surface area contributed by atoms with E-state index < -0.39 is 5.41 Å². The van der Waals surface area contributed by atoms with Crippen LogP contribution in [0, 0.1) is 5.41 Å². The van der Waals surface area contributed by atoms with E-state index in [9.17, 15) is 14.4 Å². The van der Waals surface area contributed by atoms with Gasteiger partial charge in [-0.15, -0.1) is 11.3 Å². The van der Waals surface area contributed by atoms with Crippen molar-refractivity contribution in [1.29, 1.82) is 0 Å². The lowest BCUT2D eigenvalue weighted by Gasteiger charge is -2.32. The first-order chi connectivity index (χ1) is 14.1. The number of hydrogen-bond donors (Lipinski definition) is 0. The maximum atomic E-state index is 12.8. The fourth-order valence-electron chi connectivity index (χ4n) is 5.14. The molecule has 2 aliphatic heterocycles. The molecular weight excluding hydrogens is 386 g/mol. The molecule has 0 atom stereocenters. The van der Waals surface area contributed by atoms with E-state index in [4.69, 9.17) is 4.98 Å². The molecular formula is C22H25N3O3S. The maximum Gasteiger partial charge on any atom is 0.242 e. The van der Waals surface area contributed by atoms with Gasteiger partial charge in [0.05, 0.1) is 20.6 Å². The number of imide groups is 1. The Morgan fingerprint density at radius 1 is 1.14 bits per heavy atom. The number of benzene rings is 1. The van der Waals surface area contributed by atoms with Crippen molar-refractivity contribution in [3.63, 3.8) is 0 Å². The van der Waals surface area contributed by atoms with Crippen molar-refractivity contribution in [3.8, 4) is 0 Å². The van der Waals surface area contributed by atoms with E-state index in [-0.39, 0.29) is 24.3 Å². The lowest BCUT2D eigenvalue weighted by atomic mass is 9.84. The summed E-state index contributed by atoms with van der Waals surface area (Å²) in [7, 11) is 0. The molecule has 152 valence electrons. The van der Waals surface area contributed by atoms with E-state index in [1.807, 2.05) is 23.1 Å². The number of amides is 3. The molecule has 7 heteroatoms. The first-order valence-corrected chi connectivity index (χ1v) is 11.4. The number of para-hydroxylation sites is 1. The van der Waals surface area contributed by atoms with Gasteiger partial charge in [0.15, 0.2) is 0 Å². The fraction of sp³-hybridized carbons (Fsp3) is 0.545. The molecule has 3 heterocycles. The number of thiazole rings is 1. The number of nitrogens with zero attached hydrogens (tertiary/aromatic N) is 3. The Bertz CT molecular complexity index is 938. The molecule has 2 saturated heterocycles. The Labute approximate surface area is 173 Å². The Kier molecular flexibility index (Phi) is 4.65. The van der Waals surface area contributed by atoms with Gasteiger partial charge in [-0.3, -0.25) is 19.3 Å². The smallest absolute Gasteiger partial charge is 0.242 e.